The Morgan fingerprint density at radius 2 is 1.90 bits per heavy atom. The largest absolute Gasteiger partial charge is 0.352 e. The lowest BCUT2D eigenvalue weighted by molar-refractivity contribution is -0.123. The number of nitrogens with one attached hydrogen (secondary N) is 2. The van der Waals surface area contributed by atoms with Gasteiger partial charge in [-0.3, -0.25) is 9.59 Å². The van der Waals surface area contributed by atoms with Gasteiger partial charge in [-0.25, -0.2) is 0 Å². The molecule has 0 aliphatic carbocycles. The van der Waals surface area contributed by atoms with Crippen molar-refractivity contribution in [2.75, 3.05) is 20.6 Å². The molecule has 0 spiro atoms. The molecular formula is C21H27Cl2N3O2S. The lowest BCUT2D eigenvalue weighted by Crippen LogP contribution is -2.49. The lowest BCUT2D eigenvalue weighted by Gasteiger charge is -2.26. The van der Waals surface area contributed by atoms with E-state index in [1.165, 1.54) is 6.07 Å². The summed E-state index contributed by atoms with van der Waals surface area (Å²) in [5.41, 5.74) is 1.44. The van der Waals surface area contributed by atoms with E-state index in [0.717, 1.165) is 5.56 Å². The fourth-order valence-corrected chi connectivity index (χ4v) is 4.20. The van der Waals surface area contributed by atoms with Crippen LogP contribution in [-0.2, 0) is 4.79 Å². The summed E-state index contributed by atoms with van der Waals surface area (Å²) in [5.74, 6) is -0.373. The number of halogens is 2. The SMILES string of the molecule is CC(C)CC(NC(=O)c1ccc(Cl)cc1Cl)C(=O)NCC(c1ccsc1)N(C)C. The second-order valence-corrected chi connectivity index (χ2v) is 9.18. The summed E-state index contributed by atoms with van der Waals surface area (Å²) in [6.45, 7) is 4.47. The number of amides is 2. The fourth-order valence-electron chi connectivity index (χ4n) is 3.00. The van der Waals surface area contributed by atoms with Crippen molar-refractivity contribution in [3.8, 4) is 0 Å². The van der Waals surface area contributed by atoms with Crippen LogP contribution >= 0.6 is 34.5 Å². The van der Waals surface area contributed by atoms with Crippen LogP contribution in [0.3, 0.4) is 0 Å². The number of benzene rings is 1. The van der Waals surface area contributed by atoms with Gasteiger partial charge >= 0.3 is 0 Å². The maximum absolute atomic E-state index is 12.9. The molecule has 2 rings (SSSR count). The normalized spacial score (nSPS) is 13.4. The highest BCUT2D eigenvalue weighted by Gasteiger charge is 2.25. The highest BCUT2D eigenvalue weighted by Crippen LogP contribution is 2.22. The molecule has 29 heavy (non-hydrogen) atoms. The smallest absolute Gasteiger partial charge is 0.253 e. The third kappa shape index (κ3) is 7.00. The Hall–Kier alpha value is -1.60. The minimum absolute atomic E-state index is 0.0614. The second-order valence-electron chi connectivity index (χ2n) is 7.56. The van der Waals surface area contributed by atoms with Crippen molar-refractivity contribution >= 4 is 46.4 Å². The molecule has 2 unspecified atom stereocenters. The van der Waals surface area contributed by atoms with E-state index in [9.17, 15) is 9.59 Å². The Morgan fingerprint density at radius 1 is 1.17 bits per heavy atom. The van der Waals surface area contributed by atoms with Crippen LogP contribution in [0, 0.1) is 5.92 Å². The summed E-state index contributed by atoms with van der Waals surface area (Å²) < 4.78 is 0. The van der Waals surface area contributed by atoms with Crippen LogP contribution in [0.1, 0.15) is 42.2 Å². The molecule has 2 N–H and O–H groups in total. The molecule has 2 atom stereocenters. The molecule has 1 aromatic carbocycles. The Morgan fingerprint density at radius 3 is 2.45 bits per heavy atom. The Balaban J connectivity index is 2.08. The lowest BCUT2D eigenvalue weighted by atomic mass is 10.0. The highest BCUT2D eigenvalue weighted by atomic mass is 35.5. The van der Waals surface area contributed by atoms with Crippen molar-refractivity contribution in [1.82, 2.24) is 15.5 Å². The van der Waals surface area contributed by atoms with Crippen LogP contribution in [0.4, 0.5) is 0 Å². The van der Waals surface area contributed by atoms with Crippen LogP contribution in [0.5, 0.6) is 0 Å². The van der Waals surface area contributed by atoms with Crippen LogP contribution in [-0.4, -0.2) is 43.4 Å². The Bertz CT molecular complexity index is 825. The van der Waals surface area contributed by atoms with Crippen LogP contribution < -0.4 is 10.6 Å². The summed E-state index contributed by atoms with van der Waals surface area (Å²) in [6.07, 6.45) is 0.522. The minimum atomic E-state index is -0.653. The highest BCUT2D eigenvalue weighted by molar-refractivity contribution is 7.08. The Kier molecular flexibility index (Phi) is 8.96. The summed E-state index contributed by atoms with van der Waals surface area (Å²) in [4.78, 5) is 27.6. The third-order valence-electron chi connectivity index (χ3n) is 4.53. The summed E-state index contributed by atoms with van der Waals surface area (Å²) >= 11 is 13.7. The quantitative estimate of drug-likeness (QED) is 0.579. The van der Waals surface area contributed by atoms with Crippen molar-refractivity contribution in [3.63, 3.8) is 0 Å². The van der Waals surface area contributed by atoms with Gasteiger partial charge in [0, 0.05) is 11.6 Å². The molecule has 0 saturated heterocycles. The zero-order valence-corrected chi connectivity index (χ0v) is 19.4. The average molecular weight is 456 g/mol. The first-order valence-corrected chi connectivity index (χ1v) is 11.1. The van der Waals surface area contributed by atoms with Gasteiger partial charge in [-0.1, -0.05) is 37.0 Å². The number of nitrogens with zero attached hydrogens (tertiary/aromatic N) is 1. The molecule has 1 aromatic heterocycles. The van der Waals surface area contributed by atoms with Gasteiger partial charge in [-0.05, 0) is 67.0 Å². The predicted octanol–water partition coefficient (Wildman–Crippen LogP) is 4.62. The molecule has 2 aromatic rings. The van der Waals surface area contributed by atoms with E-state index >= 15 is 0 Å². The number of carbonyl (C=O) groups excluding carboxylic acids is 2. The second kappa shape index (κ2) is 11.0. The molecule has 1 heterocycles. The standard InChI is InChI=1S/C21H27Cl2N3O2S/c1-13(2)9-18(25-20(27)16-6-5-15(22)10-17(16)23)21(28)24-11-19(26(3)4)14-7-8-29-12-14/h5-8,10,12-13,18-19H,9,11H2,1-4H3,(H,24,28)(H,25,27). The predicted molar refractivity (Wildman–Crippen MR) is 121 cm³/mol. The van der Waals surface area contributed by atoms with E-state index in [4.69, 9.17) is 23.2 Å². The Labute approximate surface area is 186 Å². The van der Waals surface area contributed by atoms with Crippen molar-refractivity contribution < 1.29 is 9.59 Å². The molecule has 158 valence electrons. The maximum Gasteiger partial charge on any atom is 0.253 e. The number of thiophene rings is 1. The molecule has 0 radical (unpaired) electrons. The molecule has 0 saturated carbocycles. The van der Waals surface area contributed by atoms with Gasteiger partial charge in [-0.2, -0.15) is 11.3 Å². The summed E-state index contributed by atoms with van der Waals surface area (Å²) in [5, 5.41) is 10.6. The zero-order chi connectivity index (χ0) is 21.6. The molecule has 2 amide bonds. The maximum atomic E-state index is 12.9. The summed E-state index contributed by atoms with van der Waals surface area (Å²) in [7, 11) is 3.95. The zero-order valence-electron chi connectivity index (χ0n) is 17.0. The van der Waals surface area contributed by atoms with E-state index in [2.05, 4.69) is 27.0 Å². The minimum Gasteiger partial charge on any atom is -0.352 e. The van der Waals surface area contributed by atoms with Crippen LogP contribution in [0.15, 0.2) is 35.0 Å². The van der Waals surface area contributed by atoms with Gasteiger partial charge in [0.15, 0.2) is 0 Å². The van der Waals surface area contributed by atoms with Crippen molar-refractivity contribution in [2.24, 2.45) is 5.92 Å². The first-order chi connectivity index (χ1) is 13.7. The van der Waals surface area contributed by atoms with Crippen molar-refractivity contribution in [2.45, 2.75) is 32.4 Å². The molecule has 8 heteroatoms. The topological polar surface area (TPSA) is 61.4 Å². The third-order valence-corrected chi connectivity index (χ3v) is 5.77. The van der Waals surface area contributed by atoms with Crippen LogP contribution in [0.25, 0.3) is 0 Å². The average Bonchev–Trinajstić information content (AvgIpc) is 3.14. The molecule has 0 aliphatic heterocycles. The van der Waals surface area contributed by atoms with E-state index in [-0.39, 0.29) is 22.9 Å². The van der Waals surface area contributed by atoms with E-state index in [1.807, 2.05) is 33.3 Å². The van der Waals surface area contributed by atoms with Gasteiger partial charge in [0.2, 0.25) is 5.91 Å². The number of likely N-dealkylation sites (N-methyl/N-ethyl adjacent to an activating group) is 1. The number of hydrogen-bond donors (Lipinski definition) is 2. The van der Waals surface area contributed by atoms with Crippen LogP contribution in [0.2, 0.25) is 10.0 Å². The molecule has 0 aliphatic rings. The van der Waals surface area contributed by atoms with Crippen molar-refractivity contribution in [1.29, 1.82) is 0 Å². The first-order valence-electron chi connectivity index (χ1n) is 9.41. The molecule has 0 bridgehead atoms. The van der Waals surface area contributed by atoms with Gasteiger partial charge in [-0.15, -0.1) is 0 Å². The molecular weight excluding hydrogens is 429 g/mol. The molecule has 0 fully saturated rings. The van der Waals surface area contributed by atoms with Gasteiger partial charge in [0.05, 0.1) is 16.6 Å². The fraction of sp³-hybridized carbons (Fsp3) is 0.429. The summed E-state index contributed by atoms with van der Waals surface area (Å²) in [6, 6.07) is 6.13. The van der Waals surface area contributed by atoms with Gasteiger partial charge < -0.3 is 15.5 Å². The van der Waals surface area contributed by atoms with Gasteiger partial charge in [0.25, 0.3) is 5.91 Å². The first kappa shape index (κ1) is 23.7. The van der Waals surface area contributed by atoms with E-state index < -0.39 is 11.9 Å². The monoisotopic (exact) mass is 455 g/mol. The number of hydrogen-bond acceptors (Lipinski definition) is 4. The van der Waals surface area contributed by atoms with E-state index in [0.29, 0.717) is 23.6 Å². The van der Waals surface area contributed by atoms with Gasteiger partial charge in [0.1, 0.15) is 6.04 Å². The van der Waals surface area contributed by atoms with Crippen molar-refractivity contribution in [3.05, 3.63) is 56.2 Å². The number of rotatable bonds is 9. The van der Waals surface area contributed by atoms with E-state index in [1.54, 1.807) is 23.5 Å². The molecule has 5 nitrogen and oxygen atoms in total. The number of carbonyl (C=O) groups is 2.